The number of nitrogens with zero attached hydrogens (tertiary/aromatic N) is 3. The monoisotopic (exact) mass is 447 g/mol. The first-order valence-corrected chi connectivity index (χ1v) is 11.7. The van der Waals surface area contributed by atoms with Crippen LogP contribution in [0, 0.1) is 0 Å². The van der Waals surface area contributed by atoms with Crippen LogP contribution in [0.25, 0.3) is 17.0 Å². The molecule has 3 rings (SSSR count). The van der Waals surface area contributed by atoms with Crippen molar-refractivity contribution in [2.45, 2.75) is 29.9 Å². The van der Waals surface area contributed by atoms with Gasteiger partial charge in [0, 0.05) is 12.4 Å². The van der Waals surface area contributed by atoms with Crippen LogP contribution in [0.5, 0.6) is 0 Å². The van der Waals surface area contributed by atoms with E-state index in [0.717, 1.165) is 34.9 Å². The van der Waals surface area contributed by atoms with Gasteiger partial charge in [-0.15, -0.1) is 0 Å². The number of sulfone groups is 2. The Morgan fingerprint density at radius 2 is 1.55 bits per heavy atom. The highest BCUT2D eigenvalue weighted by Gasteiger charge is 2.31. The summed E-state index contributed by atoms with van der Waals surface area (Å²) in [6.45, 7) is 2.83. The van der Waals surface area contributed by atoms with Gasteiger partial charge in [-0.25, -0.2) is 26.8 Å². The maximum atomic E-state index is 12.9. The third-order valence-corrected chi connectivity index (χ3v) is 7.65. The Balaban J connectivity index is 2.29. The smallest absolute Gasteiger partial charge is 0.306 e. The molecule has 29 heavy (non-hydrogen) atoms. The van der Waals surface area contributed by atoms with Crippen LogP contribution in [0.3, 0.4) is 0 Å². The molecular weight excluding hydrogens is 431 g/mol. The van der Waals surface area contributed by atoms with Crippen LogP contribution >= 0.6 is 0 Å². The van der Waals surface area contributed by atoms with Crippen molar-refractivity contribution in [1.82, 2.24) is 14.4 Å². The average Bonchev–Trinajstić information content (AvgIpc) is 3.10. The lowest BCUT2D eigenvalue weighted by atomic mass is 10.3. The van der Waals surface area contributed by atoms with E-state index in [2.05, 4.69) is 9.97 Å². The van der Waals surface area contributed by atoms with Crippen molar-refractivity contribution in [2.75, 3.05) is 11.5 Å². The number of alkyl halides is 3. The maximum Gasteiger partial charge on any atom is 0.417 e. The van der Waals surface area contributed by atoms with Crippen LogP contribution in [0.2, 0.25) is 0 Å². The Morgan fingerprint density at radius 1 is 0.897 bits per heavy atom. The number of rotatable bonds is 5. The van der Waals surface area contributed by atoms with E-state index in [1.807, 2.05) is 0 Å². The van der Waals surface area contributed by atoms with Crippen LogP contribution < -0.4 is 0 Å². The summed E-state index contributed by atoms with van der Waals surface area (Å²) in [5, 5.41) is -0.335. The van der Waals surface area contributed by atoms with Crippen LogP contribution in [0.1, 0.15) is 19.4 Å². The Labute approximate surface area is 165 Å². The van der Waals surface area contributed by atoms with Gasteiger partial charge in [-0.2, -0.15) is 13.2 Å². The van der Waals surface area contributed by atoms with Crippen LogP contribution in [0.4, 0.5) is 13.2 Å². The molecule has 156 valence electrons. The van der Waals surface area contributed by atoms with Gasteiger partial charge in [0.2, 0.25) is 0 Å². The summed E-state index contributed by atoms with van der Waals surface area (Å²) in [5.74, 6) is -0.521. The fraction of sp³-hybridized carbons (Fsp3) is 0.294. The molecule has 0 fully saturated rings. The van der Waals surface area contributed by atoms with Crippen molar-refractivity contribution in [2.24, 2.45) is 0 Å². The van der Waals surface area contributed by atoms with E-state index < -0.39 is 31.4 Å². The van der Waals surface area contributed by atoms with E-state index >= 15 is 0 Å². The minimum atomic E-state index is -4.57. The van der Waals surface area contributed by atoms with Gasteiger partial charge in [0.25, 0.3) is 0 Å². The normalized spacial score (nSPS) is 13.1. The predicted octanol–water partition coefficient (Wildman–Crippen LogP) is 3.00. The van der Waals surface area contributed by atoms with E-state index in [1.54, 1.807) is 0 Å². The summed E-state index contributed by atoms with van der Waals surface area (Å²) in [6, 6.07) is 4.21. The Morgan fingerprint density at radius 3 is 2.14 bits per heavy atom. The number of pyridine rings is 2. The van der Waals surface area contributed by atoms with E-state index in [-0.39, 0.29) is 38.5 Å². The molecule has 0 saturated heterocycles. The summed E-state index contributed by atoms with van der Waals surface area (Å²) < 4.78 is 89.2. The van der Waals surface area contributed by atoms with Gasteiger partial charge >= 0.3 is 6.18 Å². The molecule has 0 amide bonds. The molecule has 7 nitrogen and oxygen atoms in total. The molecule has 0 saturated carbocycles. The minimum absolute atomic E-state index is 0.0514. The molecule has 3 heterocycles. The molecule has 3 aromatic rings. The highest BCUT2D eigenvalue weighted by molar-refractivity contribution is 7.91. The number of hydrogen-bond donors (Lipinski definition) is 0. The standard InChI is InChI=1S/C17H16F3N3O4S2/c1-3-28(24,25)13-6-8-15(29(26,27)4-2)22-16(13)12-10-23-9-11(17(18,19)20)5-7-14(23)21-12/h5-10H,3-4H2,1-2H3. The quantitative estimate of drug-likeness (QED) is 0.596. The van der Waals surface area contributed by atoms with E-state index in [0.29, 0.717) is 0 Å². The molecule has 12 heteroatoms. The lowest BCUT2D eigenvalue weighted by Gasteiger charge is -2.09. The molecule has 0 aliphatic carbocycles. The summed E-state index contributed by atoms with van der Waals surface area (Å²) in [7, 11) is -7.54. The third kappa shape index (κ3) is 3.99. The van der Waals surface area contributed by atoms with Crippen molar-refractivity contribution in [3.8, 4) is 11.4 Å². The van der Waals surface area contributed by atoms with Gasteiger partial charge in [-0.05, 0) is 24.3 Å². The number of imidazole rings is 1. The highest BCUT2D eigenvalue weighted by Crippen LogP contribution is 2.31. The van der Waals surface area contributed by atoms with E-state index in [1.165, 1.54) is 20.0 Å². The van der Waals surface area contributed by atoms with Crippen molar-refractivity contribution in [3.63, 3.8) is 0 Å². The minimum Gasteiger partial charge on any atom is -0.306 e. The van der Waals surface area contributed by atoms with Gasteiger partial charge in [-0.1, -0.05) is 13.8 Å². The van der Waals surface area contributed by atoms with Crippen LogP contribution in [-0.4, -0.2) is 42.7 Å². The van der Waals surface area contributed by atoms with E-state index in [4.69, 9.17) is 0 Å². The highest BCUT2D eigenvalue weighted by atomic mass is 32.2. The van der Waals surface area contributed by atoms with Crippen molar-refractivity contribution < 1.29 is 30.0 Å². The third-order valence-electron chi connectivity index (χ3n) is 4.27. The Bertz CT molecular complexity index is 1300. The van der Waals surface area contributed by atoms with Gasteiger partial charge < -0.3 is 4.40 Å². The molecule has 3 aromatic heterocycles. The second kappa shape index (κ2) is 7.10. The maximum absolute atomic E-state index is 12.9. The average molecular weight is 447 g/mol. The SMILES string of the molecule is CCS(=O)(=O)c1ccc(S(=O)(=O)CC)c(-c2cn3cc(C(F)(F)F)ccc3n2)n1. The summed E-state index contributed by atoms with van der Waals surface area (Å²) in [4.78, 5) is 7.90. The molecular formula is C17H16F3N3O4S2. The predicted molar refractivity (Wildman–Crippen MR) is 98.9 cm³/mol. The molecule has 0 unspecified atom stereocenters. The lowest BCUT2D eigenvalue weighted by molar-refractivity contribution is -0.137. The summed E-state index contributed by atoms with van der Waals surface area (Å²) in [6.07, 6.45) is -2.57. The largest absolute Gasteiger partial charge is 0.417 e. The Kier molecular flexibility index (Phi) is 5.20. The fourth-order valence-corrected chi connectivity index (χ4v) is 4.45. The molecule has 0 aromatic carbocycles. The molecule has 0 N–H and O–H groups in total. The molecule has 0 aliphatic heterocycles. The first-order chi connectivity index (χ1) is 13.4. The van der Waals surface area contributed by atoms with Crippen molar-refractivity contribution in [1.29, 1.82) is 0 Å². The van der Waals surface area contributed by atoms with E-state index in [9.17, 15) is 30.0 Å². The van der Waals surface area contributed by atoms with Crippen LogP contribution in [0.15, 0.2) is 46.6 Å². The van der Waals surface area contributed by atoms with Crippen LogP contribution in [-0.2, 0) is 25.9 Å². The first-order valence-electron chi connectivity index (χ1n) is 8.42. The summed E-state index contributed by atoms with van der Waals surface area (Å²) in [5.41, 5.74) is -1.06. The topological polar surface area (TPSA) is 98.5 Å². The number of aromatic nitrogens is 3. The second-order valence-electron chi connectivity index (χ2n) is 6.11. The van der Waals surface area contributed by atoms with Gasteiger partial charge in [-0.3, -0.25) is 0 Å². The van der Waals surface area contributed by atoms with Gasteiger partial charge in [0.15, 0.2) is 24.7 Å². The van der Waals surface area contributed by atoms with Gasteiger partial charge in [0.1, 0.15) is 17.0 Å². The zero-order valence-corrected chi connectivity index (χ0v) is 16.9. The fourth-order valence-electron chi connectivity index (χ4n) is 2.61. The van der Waals surface area contributed by atoms with Crippen molar-refractivity contribution in [3.05, 3.63) is 42.2 Å². The zero-order chi connectivity index (χ0) is 21.6. The molecule has 0 bridgehead atoms. The summed E-state index contributed by atoms with van der Waals surface area (Å²) >= 11 is 0. The molecule has 0 aliphatic rings. The van der Waals surface area contributed by atoms with Gasteiger partial charge in [0.05, 0.1) is 22.0 Å². The molecule has 0 atom stereocenters. The number of halogens is 3. The molecule has 0 spiro atoms. The Hall–Kier alpha value is -2.47. The first kappa shape index (κ1) is 21.2. The second-order valence-corrected chi connectivity index (χ2v) is 10.6. The zero-order valence-electron chi connectivity index (χ0n) is 15.3. The lowest BCUT2D eigenvalue weighted by Crippen LogP contribution is -2.11. The number of hydrogen-bond acceptors (Lipinski definition) is 6. The van der Waals surface area contributed by atoms with Crippen molar-refractivity contribution >= 4 is 25.3 Å². The molecule has 0 radical (unpaired) electrons. The number of fused-ring (bicyclic) bond motifs is 1.